The van der Waals surface area contributed by atoms with Gasteiger partial charge in [0.2, 0.25) is 5.91 Å². The molecule has 1 heterocycles. The smallest absolute Gasteiger partial charge is 0.228 e. The van der Waals surface area contributed by atoms with Crippen LogP contribution < -0.4 is 5.32 Å². The molecule has 0 saturated carbocycles. The van der Waals surface area contributed by atoms with Crippen molar-refractivity contribution in [3.63, 3.8) is 0 Å². The van der Waals surface area contributed by atoms with Crippen LogP contribution in [0.2, 0.25) is 0 Å². The maximum absolute atomic E-state index is 13.5. The molecule has 2 aromatic carbocycles. The Morgan fingerprint density at radius 3 is 2.61 bits per heavy atom. The molecule has 0 atom stereocenters. The highest BCUT2D eigenvalue weighted by Crippen LogP contribution is 2.20. The number of fused-ring (bicyclic) bond motifs is 1. The van der Waals surface area contributed by atoms with Gasteiger partial charge in [0, 0.05) is 7.05 Å². The molecule has 0 aliphatic heterocycles. The largest absolute Gasteiger partial charge is 0.331 e. The number of aromatic nitrogens is 2. The van der Waals surface area contributed by atoms with Gasteiger partial charge in [0.05, 0.1) is 17.5 Å². The number of hydrogen-bond donors (Lipinski definition) is 1. The van der Waals surface area contributed by atoms with Crippen molar-refractivity contribution in [3.05, 3.63) is 59.4 Å². The maximum atomic E-state index is 13.5. The average molecular weight is 315 g/mol. The van der Waals surface area contributed by atoms with E-state index in [1.807, 2.05) is 24.6 Å². The van der Waals surface area contributed by atoms with E-state index in [0.29, 0.717) is 0 Å². The Morgan fingerprint density at radius 2 is 1.91 bits per heavy atom. The summed E-state index contributed by atoms with van der Waals surface area (Å²) >= 11 is 0. The predicted octanol–water partition coefficient (Wildman–Crippen LogP) is 3.34. The van der Waals surface area contributed by atoms with Gasteiger partial charge in [-0.1, -0.05) is 12.1 Å². The van der Waals surface area contributed by atoms with Crippen molar-refractivity contribution in [2.75, 3.05) is 5.32 Å². The second kappa shape index (κ2) is 5.79. The molecule has 0 aliphatic carbocycles. The van der Waals surface area contributed by atoms with Crippen molar-refractivity contribution in [1.82, 2.24) is 9.55 Å². The molecular weight excluding hydrogens is 300 g/mol. The topological polar surface area (TPSA) is 46.9 Å². The number of imidazole rings is 1. The van der Waals surface area contributed by atoms with Crippen LogP contribution in [0.5, 0.6) is 0 Å². The molecule has 3 aromatic rings. The van der Waals surface area contributed by atoms with Gasteiger partial charge in [-0.25, -0.2) is 13.8 Å². The molecule has 118 valence electrons. The number of nitrogens with one attached hydrogen (secondary N) is 1. The lowest BCUT2D eigenvalue weighted by Crippen LogP contribution is -2.16. The fourth-order valence-electron chi connectivity index (χ4n) is 2.46. The van der Waals surface area contributed by atoms with E-state index in [1.54, 1.807) is 12.1 Å². The average Bonchev–Trinajstić information content (AvgIpc) is 2.78. The van der Waals surface area contributed by atoms with Gasteiger partial charge in [-0.05, 0) is 36.8 Å². The van der Waals surface area contributed by atoms with Crippen LogP contribution in [0, 0.1) is 18.6 Å². The molecule has 0 spiro atoms. The standard InChI is InChI=1S/C17H15F2N3O/c1-10-20-14-8-11(6-7-15(14)22(10)2)9-16(23)21-17-12(18)4-3-5-13(17)19/h3-8H,9H2,1-2H3,(H,21,23). The van der Waals surface area contributed by atoms with E-state index in [-0.39, 0.29) is 6.42 Å². The van der Waals surface area contributed by atoms with E-state index in [0.717, 1.165) is 34.6 Å². The molecule has 1 amide bonds. The van der Waals surface area contributed by atoms with Gasteiger partial charge < -0.3 is 9.88 Å². The van der Waals surface area contributed by atoms with E-state index in [9.17, 15) is 13.6 Å². The maximum Gasteiger partial charge on any atom is 0.228 e. The fourth-order valence-corrected chi connectivity index (χ4v) is 2.46. The second-order valence-electron chi connectivity index (χ2n) is 5.36. The lowest BCUT2D eigenvalue weighted by Gasteiger charge is -2.07. The Hall–Kier alpha value is -2.76. The molecule has 23 heavy (non-hydrogen) atoms. The van der Waals surface area contributed by atoms with Gasteiger partial charge in [-0.15, -0.1) is 0 Å². The Balaban J connectivity index is 1.80. The van der Waals surface area contributed by atoms with Gasteiger partial charge >= 0.3 is 0 Å². The minimum Gasteiger partial charge on any atom is -0.331 e. The summed E-state index contributed by atoms with van der Waals surface area (Å²) in [6.07, 6.45) is 0.0132. The summed E-state index contributed by atoms with van der Waals surface area (Å²) in [6.45, 7) is 1.90. The van der Waals surface area contributed by atoms with Crippen LogP contribution in [0.4, 0.5) is 14.5 Å². The molecule has 0 unspecified atom stereocenters. The van der Waals surface area contributed by atoms with Crippen LogP contribution in [0.1, 0.15) is 11.4 Å². The summed E-state index contributed by atoms with van der Waals surface area (Å²) < 4.78 is 29.0. The summed E-state index contributed by atoms with van der Waals surface area (Å²) in [5, 5.41) is 2.28. The molecule has 1 N–H and O–H groups in total. The highest BCUT2D eigenvalue weighted by Gasteiger charge is 2.13. The minimum atomic E-state index is -0.797. The zero-order chi connectivity index (χ0) is 16.6. The third-order valence-corrected chi connectivity index (χ3v) is 3.76. The first-order valence-corrected chi connectivity index (χ1v) is 7.11. The highest BCUT2D eigenvalue weighted by atomic mass is 19.1. The number of carbonyl (C=O) groups excluding carboxylic acids is 1. The summed E-state index contributed by atoms with van der Waals surface area (Å²) in [5.41, 5.74) is 2.05. The molecule has 0 aliphatic rings. The normalized spacial score (nSPS) is 11.0. The van der Waals surface area contributed by atoms with Crippen molar-refractivity contribution < 1.29 is 13.6 Å². The van der Waals surface area contributed by atoms with E-state index < -0.39 is 23.2 Å². The molecular formula is C17H15F2N3O. The van der Waals surface area contributed by atoms with E-state index in [4.69, 9.17) is 0 Å². The number of aryl methyl sites for hydroxylation is 2. The molecule has 0 radical (unpaired) electrons. The first-order valence-electron chi connectivity index (χ1n) is 7.11. The van der Waals surface area contributed by atoms with Crippen LogP contribution in [-0.4, -0.2) is 15.5 Å². The molecule has 6 heteroatoms. The number of anilines is 1. The van der Waals surface area contributed by atoms with Gasteiger partial charge in [-0.3, -0.25) is 4.79 Å². The third kappa shape index (κ3) is 2.92. The van der Waals surface area contributed by atoms with E-state index in [1.165, 1.54) is 6.07 Å². The monoisotopic (exact) mass is 315 g/mol. The molecule has 0 saturated heterocycles. The van der Waals surface area contributed by atoms with Crippen molar-refractivity contribution >= 4 is 22.6 Å². The van der Waals surface area contributed by atoms with Gasteiger partial charge in [0.15, 0.2) is 0 Å². The Bertz CT molecular complexity index is 882. The van der Waals surface area contributed by atoms with E-state index >= 15 is 0 Å². The van der Waals surface area contributed by atoms with Crippen molar-refractivity contribution in [2.45, 2.75) is 13.3 Å². The van der Waals surface area contributed by atoms with Crippen molar-refractivity contribution in [3.8, 4) is 0 Å². The number of benzene rings is 2. The second-order valence-corrected chi connectivity index (χ2v) is 5.36. The number of hydrogen-bond acceptors (Lipinski definition) is 2. The fraction of sp³-hybridized carbons (Fsp3) is 0.176. The molecule has 0 bridgehead atoms. The van der Waals surface area contributed by atoms with Gasteiger partial charge in [0.25, 0.3) is 0 Å². The quantitative estimate of drug-likeness (QED) is 0.806. The number of rotatable bonds is 3. The van der Waals surface area contributed by atoms with Crippen LogP contribution in [0.15, 0.2) is 36.4 Å². The van der Waals surface area contributed by atoms with Crippen LogP contribution in [-0.2, 0) is 18.3 Å². The zero-order valence-electron chi connectivity index (χ0n) is 12.7. The number of carbonyl (C=O) groups is 1. The van der Waals surface area contributed by atoms with Crippen LogP contribution >= 0.6 is 0 Å². The summed E-state index contributed by atoms with van der Waals surface area (Å²) in [4.78, 5) is 16.4. The number of halogens is 2. The van der Waals surface area contributed by atoms with Gasteiger partial charge in [-0.2, -0.15) is 0 Å². The van der Waals surface area contributed by atoms with Crippen molar-refractivity contribution in [2.24, 2.45) is 7.05 Å². The number of nitrogens with zero attached hydrogens (tertiary/aromatic N) is 2. The summed E-state index contributed by atoms with van der Waals surface area (Å²) in [6, 6.07) is 8.93. The molecule has 3 rings (SSSR count). The number of para-hydroxylation sites is 1. The number of amides is 1. The summed E-state index contributed by atoms with van der Waals surface area (Å²) in [7, 11) is 1.91. The first kappa shape index (κ1) is 15.1. The van der Waals surface area contributed by atoms with Gasteiger partial charge in [0.1, 0.15) is 23.1 Å². The highest BCUT2D eigenvalue weighted by molar-refractivity contribution is 5.93. The Labute approximate surface area is 131 Å². The van der Waals surface area contributed by atoms with E-state index in [2.05, 4.69) is 10.3 Å². The Morgan fingerprint density at radius 1 is 1.22 bits per heavy atom. The SMILES string of the molecule is Cc1nc2cc(CC(=O)Nc3c(F)cccc3F)ccc2n1C. The van der Waals surface area contributed by atoms with Crippen LogP contribution in [0.3, 0.4) is 0 Å². The third-order valence-electron chi connectivity index (χ3n) is 3.76. The zero-order valence-corrected chi connectivity index (χ0v) is 12.7. The molecule has 4 nitrogen and oxygen atoms in total. The molecule has 1 aromatic heterocycles. The van der Waals surface area contributed by atoms with Crippen molar-refractivity contribution in [1.29, 1.82) is 0 Å². The first-order chi connectivity index (χ1) is 11.0. The summed E-state index contributed by atoms with van der Waals surface area (Å²) in [5.74, 6) is -1.21. The minimum absolute atomic E-state index is 0.0132. The lowest BCUT2D eigenvalue weighted by molar-refractivity contribution is -0.115. The Kier molecular flexibility index (Phi) is 3.82. The lowest BCUT2D eigenvalue weighted by atomic mass is 10.1. The predicted molar refractivity (Wildman–Crippen MR) is 84.1 cm³/mol. The van der Waals surface area contributed by atoms with Crippen LogP contribution in [0.25, 0.3) is 11.0 Å². The molecule has 0 fully saturated rings.